The summed E-state index contributed by atoms with van der Waals surface area (Å²) in [6, 6.07) is 16.2. The number of rotatable bonds is 9. The molecule has 0 spiro atoms. The van der Waals surface area contributed by atoms with Gasteiger partial charge in [0.05, 0.1) is 24.0 Å². The minimum Gasteiger partial charge on any atom is -0.462 e. The van der Waals surface area contributed by atoms with Gasteiger partial charge in [0.15, 0.2) is 0 Å². The lowest BCUT2D eigenvalue weighted by molar-refractivity contribution is 0.0447. The summed E-state index contributed by atoms with van der Waals surface area (Å²) in [5, 5.41) is 4.32. The van der Waals surface area contributed by atoms with Gasteiger partial charge in [-0.3, -0.25) is 0 Å². The van der Waals surface area contributed by atoms with Crippen LogP contribution in [0.15, 0.2) is 59.7 Å². The van der Waals surface area contributed by atoms with Gasteiger partial charge in [-0.15, -0.1) is 0 Å². The molecule has 32 heavy (non-hydrogen) atoms. The van der Waals surface area contributed by atoms with Crippen molar-refractivity contribution >= 4 is 21.7 Å². The molecule has 1 N–H and O–H groups in total. The van der Waals surface area contributed by atoms with Crippen molar-refractivity contribution in [3.8, 4) is 0 Å². The van der Waals surface area contributed by atoms with Crippen molar-refractivity contribution in [3.05, 3.63) is 71.3 Å². The van der Waals surface area contributed by atoms with Gasteiger partial charge in [0.25, 0.3) is 10.0 Å². The van der Waals surface area contributed by atoms with E-state index >= 15 is 0 Å². The number of benzene rings is 2. The predicted molar refractivity (Wildman–Crippen MR) is 124 cm³/mol. The molecular weight excluding hydrogens is 428 g/mol. The number of hydrogen-bond donors (Lipinski definition) is 1. The highest BCUT2D eigenvalue weighted by Gasteiger charge is 2.32. The monoisotopic (exact) mass is 458 g/mol. The summed E-state index contributed by atoms with van der Waals surface area (Å²) in [5.41, 5.74) is 2.62. The first kappa shape index (κ1) is 23.9. The van der Waals surface area contributed by atoms with Crippen LogP contribution >= 0.6 is 0 Å². The third-order valence-corrected chi connectivity index (χ3v) is 6.47. The molecule has 1 aliphatic carbocycles. The molecule has 0 aromatic heterocycles. The van der Waals surface area contributed by atoms with Crippen molar-refractivity contribution in [1.82, 2.24) is 4.83 Å². The third-order valence-electron chi connectivity index (χ3n) is 5.39. The van der Waals surface area contributed by atoms with E-state index in [4.69, 9.17) is 9.47 Å². The third kappa shape index (κ3) is 6.40. The summed E-state index contributed by atoms with van der Waals surface area (Å²) in [4.78, 5) is 14.9. The summed E-state index contributed by atoms with van der Waals surface area (Å²) in [6.07, 6.45) is 1.94. The lowest BCUT2D eigenvalue weighted by atomic mass is 9.79. The van der Waals surface area contributed by atoms with Crippen LogP contribution in [0.4, 0.5) is 0 Å². The lowest BCUT2D eigenvalue weighted by Crippen LogP contribution is -2.32. The van der Waals surface area contributed by atoms with Crippen molar-refractivity contribution in [3.63, 3.8) is 0 Å². The van der Waals surface area contributed by atoms with Gasteiger partial charge in [0.2, 0.25) is 0 Å². The van der Waals surface area contributed by atoms with Crippen molar-refractivity contribution in [2.75, 3.05) is 13.2 Å². The number of esters is 1. The number of nitrogens with zero attached hydrogens (tertiary/aromatic N) is 1. The zero-order chi connectivity index (χ0) is 23.0. The summed E-state index contributed by atoms with van der Waals surface area (Å²) >= 11 is 0. The van der Waals surface area contributed by atoms with Crippen LogP contribution in [-0.2, 0) is 25.2 Å². The Kier molecular flexibility index (Phi) is 8.41. The van der Waals surface area contributed by atoms with Crippen LogP contribution < -0.4 is 4.83 Å². The number of sulfonamides is 1. The molecule has 1 fully saturated rings. The Morgan fingerprint density at radius 3 is 2.50 bits per heavy atom. The maximum Gasteiger partial charge on any atom is 0.338 e. The summed E-state index contributed by atoms with van der Waals surface area (Å²) in [5.74, 6) is -0.804. The zero-order valence-electron chi connectivity index (χ0n) is 18.5. The predicted octanol–water partition coefficient (Wildman–Crippen LogP) is 4.01. The average Bonchev–Trinajstić information content (AvgIpc) is 2.79. The topological polar surface area (TPSA) is 94.1 Å². The first-order chi connectivity index (χ1) is 15.4. The maximum atomic E-state index is 12.6. The molecule has 0 bridgehead atoms. The molecule has 2 atom stereocenters. The van der Waals surface area contributed by atoms with Gasteiger partial charge in [-0.25, -0.2) is 18.0 Å². The standard InChI is InChI=1S/C24H30N2O5S/c1-3-30-19-14-15-23(25-26-32(28,29)17-18-10-6-5-7-11-18)22(16-19)20-12-8-9-13-21(20)24(27)31-4-2/h5-13,19,22,26H,3-4,14-17H2,1-2H3. The Hall–Kier alpha value is -2.71. The smallest absolute Gasteiger partial charge is 0.338 e. The van der Waals surface area contributed by atoms with Gasteiger partial charge < -0.3 is 9.47 Å². The molecule has 0 heterocycles. The number of hydrogen-bond acceptors (Lipinski definition) is 6. The van der Waals surface area contributed by atoms with Crippen molar-refractivity contribution in [2.24, 2.45) is 5.10 Å². The normalized spacial score (nSPS) is 20.1. The van der Waals surface area contributed by atoms with Gasteiger partial charge >= 0.3 is 5.97 Å². The summed E-state index contributed by atoms with van der Waals surface area (Å²) in [7, 11) is -3.66. The molecule has 7 nitrogen and oxygen atoms in total. The highest BCUT2D eigenvalue weighted by atomic mass is 32.2. The highest BCUT2D eigenvalue weighted by Crippen LogP contribution is 2.34. The van der Waals surface area contributed by atoms with Gasteiger partial charge in [-0.1, -0.05) is 48.5 Å². The number of carbonyl (C=O) groups excluding carboxylic acids is 1. The zero-order valence-corrected chi connectivity index (χ0v) is 19.3. The maximum absolute atomic E-state index is 12.6. The largest absolute Gasteiger partial charge is 0.462 e. The molecule has 2 aromatic rings. The van der Waals surface area contributed by atoms with Crippen LogP contribution in [0.2, 0.25) is 0 Å². The van der Waals surface area contributed by atoms with Crippen LogP contribution in [0.5, 0.6) is 0 Å². The van der Waals surface area contributed by atoms with E-state index in [2.05, 4.69) is 9.93 Å². The van der Waals surface area contributed by atoms with Gasteiger partial charge in [-0.05, 0) is 50.3 Å². The van der Waals surface area contributed by atoms with Crippen molar-refractivity contribution < 1.29 is 22.7 Å². The number of hydrazone groups is 1. The van der Waals surface area contributed by atoms with E-state index in [9.17, 15) is 13.2 Å². The second kappa shape index (κ2) is 11.2. The molecule has 1 saturated carbocycles. The Balaban J connectivity index is 1.88. The van der Waals surface area contributed by atoms with E-state index in [1.165, 1.54) is 0 Å². The average molecular weight is 459 g/mol. The number of carbonyl (C=O) groups is 1. The second-order valence-electron chi connectivity index (χ2n) is 7.65. The lowest BCUT2D eigenvalue weighted by Gasteiger charge is -2.31. The quantitative estimate of drug-likeness (QED) is 0.453. The van der Waals surface area contributed by atoms with E-state index in [1.807, 2.05) is 25.1 Å². The van der Waals surface area contributed by atoms with Crippen LogP contribution in [0.25, 0.3) is 0 Å². The molecule has 2 aromatic carbocycles. The molecule has 1 aliphatic rings. The molecular formula is C24H30N2O5S. The van der Waals surface area contributed by atoms with Crippen LogP contribution in [0, 0.1) is 0 Å². The molecule has 0 aliphatic heterocycles. The Morgan fingerprint density at radius 1 is 1.06 bits per heavy atom. The van der Waals surface area contributed by atoms with Crippen LogP contribution in [0.1, 0.15) is 60.5 Å². The summed E-state index contributed by atoms with van der Waals surface area (Å²) < 4.78 is 36.3. The van der Waals surface area contributed by atoms with Gasteiger partial charge in [0, 0.05) is 18.2 Å². The Morgan fingerprint density at radius 2 is 1.78 bits per heavy atom. The van der Waals surface area contributed by atoms with E-state index in [-0.39, 0.29) is 24.4 Å². The van der Waals surface area contributed by atoms with Crippen LogP contribution in [0.3, 0.4) is 0 Å². The molecule has 8 heteroatoms. The van der Waals surface area contributed by atoms with Crippen molar-refractivity contribution in [2.45, 2.75) is 50.9 Å². The van der Waals surface area contributed by atoms with Gasteiger partial charge in [-0.2, -0.15) is 5.10 Å². The number of nitrogens with one attached hydrogen (secondary N) is 1. The van der Waals surface area contributed by atoms with E-state index in [1.54, 1.807) is 43.3 Å². The minimum absolute atomic E-state index is 0.0140. The molecule has 0 radical (unpaired) electrons. The van der Waals surface area contributed by atoms with E-state index in [0.717, 1.165) is 12.0 Å². The Bertz CT molecular complexity index is 1040. The molecule has 0 amide bonds. The SMILES string of the molecule is CCOC(=O)c1ccccc1C1CC(OCC)CCC1=NNS(=O)(=O)Cc1ccccc1. The summed E-state index contributed by atoms with van der Waals surface area (Å²) in [6.45, 7) is 4.58. The highest BCUT2D eigenvalue weighted by molar-refractivity contribution is 7.88. The van der Waals surface area contributed by atoms with Crippen molar-refractivity contribution in [1.29, 1.82) is 0 Å². The van der Waals surface area contributed by atoms with E-state index in [0.29, 0.717) is 36.3 Å². The fourth-order valence-electron chi connectivity index (χ4n) is 3.98. The van der Waals surface area contributed by atoms with Gasteiger partial charge in [0.1, 0.15) is 0 Å². The molecule has 172 valence electrons. The first-order valence-electron chi connectivity index (χ1n) is 10.9. The molecule has 2 unspecified atom stereocenters. The second-order valence-corrected chi connectivity index (χ2v) is 9.35. The molecule has 3 rings (SSSR count). The Labute approximate surface area is 189 Å². The first-order valence-corrected chi connectivity index (χ1v) is 12.6. The molecule has 0 saturated heterocycles. The number of ether oxygens (including phenoxy) is 2. The van der Waals surface area contributed by atoms with Crippen LogP contribution in [-0.4, -0.2) is 39.4 Å². The minimum atomic E-state index is -3.66. The fraction of sp³-hybridized carbons (Fsp3) is 0.417. The van der Waals surface area contributed by atoms with E-state index < -0.39 is 16.0 Å². The fourth-order valence-corrected chi connectivity index (χ4v) is 4.93.